The topological polar surface area (TPSA) is 148 Å². The second-order valence-electron chi connectivity index (χ2n) is 7.72. The van der Waals surface area contributed by atoms with Crippen LogP contribution in [-0.4, -0.2) is 24.4 Å². The first-order valence-corrected chi connectivity index (χ1v) is 12.3. The molecular weight excluding hydrogens is 525 g/mol. The number of primary sulfonamides is 1. The molecule has 1 aromatic heterocycles. The van der Waals surface area contributed by atoms with Gasteiger partial charge in [0.05, 0.1) is 10.5 Å². The van der Waals surface area contributed by atoms with Crippen LogP contribution in [0.25, 0.3) is 0 Å². The number of urea groups is 1. The summed E-state index contributed by atoms with van der Waals surface area (Å²) in [7, 11) is -3.80. The zero-order valence-electron chi connectivity index (χ0n) is 19.2. The predicted molar refractivity (Wildman–Crippen MR) is 134 cm³/mol. The number of carbonyl (C=O) groups excluding carboxylic acids is 1. The van der Waals surface area contributed by atoms with Gasteiger partial charge in [0.15, 0.2) is 0 Å². The van der Waals surface area contributed by atoms with E-state index >= 15 is 0 Å². The average molecular weight is 545 g/mol. The molecule has 1 heterocycles. The minimum atomic E-state index is -4.52. The summed E-state index contributed by atoms with van der Waals surface area (Å²) in [4.78, 5) is 20.3. The Labute approximate surface area is 214 Å². The van der Waals surface area contributed by atoms with Crippen LogP contribution in [0.1, 0.15) is 5.56 Å². The molecule has 4 aromatic rings. The first kappa shape index (κ1) is 26.4. The van der Waals surface area contributed by atoms with E-state index < -0.39 is 27.8 Å². The lowest BCUT2D eigenvalue weighted by atomic mass is 10.2. The van der Waals surface area contributed by atoms with Gasteiger partial charge in [0.1, 0.15) is 17.9 Å². The van der Waals surface area contributed by atoms with Gasteiger partial charge in [0.2, 0.25) is 15.9 Å². The third-order valence-electron chi connectivity index (χ3n) is 4.88. The fourth-order valence-electron chi connectivity index (χ4n) is 3.13. The van der Waals surface area contributed by atoms with Crippen molar-refractivity contribution in [3.63, 3.8) is 0 Å². The van der Waals surface area contributed by atoms with Crippen LogP contribution in [0, 0.1) is 0 Å². The van der Waals surface area contributed by atoms with Gasteiger partial charge >= 0.3 is 12.2 Å². The third kappa shape index (κ3) is 7.18. The fraction of sp³-hybridized carbons (Fsp3) is 0.0417. The zero-order valence-corrected chi connectivity index (χ0v) is 20.0. The number of halogens is 3. The predicted octanol–water partition coefficient (Wildman–Crippen LogP) is 5.32. The molecule has 0 saturated carbocycles. The van der Waals surface area contributed by atoms with Crippen LogP contribution in [0.3, 0.4) is 0 Å². The number of aromatic nitrogens is 2. The third-order valence-corrected chi connectivity index (χ3v) is 5.81. The Morgan fingerprint density at radius 3 is 2.16 bits per heavy atom. The Morgan fingerprint density at radius 1 is 0.842 bits per heavy atom. The van der Waals surface area contributed by atoms with E-state index in [2.05, 4.69) is 25.9 Å². The van der Waals surface area contributed by atoms with Crippen LogP contribution in [0.4, 0.5) is 40.8 Å². The maximum atomic E-state index is 12.8. The number of nitrogens with one attached hydrogen (secondary N) is 3. The minimum absolute atomic E-state index is 0.00851. The number of anilines is 4. The van der Waals surface area contributed by atoms with Gasteiger partial charge in [-0.1, -0.05) is 6.07 Å². The second-order valence-corrected chi connectivity index (χ2v) is 9.28. The van der Waals surface area contributed by atoms with Crippen molar-refractivity contribution in [2.75, 3.05) is 16.0 Å². The van der Waals surface area contributed by atoms with Crippen molar-refractivity contribution in [3.05, 3.63) is 90.8 Å². The van der Waals surface area contributed by atoms with E-state index in [1.807, 2.05) is 0 Å². The molecule has 0 aliphatic heterocycles. The number of nitrogens with zero attached hydrogens (tertiary/aromatic N) is 2. The van der Waals surface area contributed by atoms with Crippen molar-refractivity contribution in [3.8, 4) is 11.6 Å². The molecule has 0 unspecified atom stereocenters. The number of benzene rings is 3. The monoisotopic (exact) mass is 544 g/mol. The SMILES string of the molecule is NS(=O)(=O)c1ccc(Nc2cc(Oc3ccc(NC(=O)Nc4cccc(C(F)(F)F)c4)cc3)ncn2)cc1. The summed E-state index contributed by atoms with van der Waals surface area (Å²) in [5.74, 6) is 0.963. The highest BCUT2D eigenvalue weighted by Gasteiger charge is 2.30. The Bertz CT molecular complexity index is 1550. The molecule has 38 heavy (non-hydrogen) atoms. The van der Waals surface area contributed by atoms with Gasteiger partial charge < -0.3 is 20.7 Å². The molecule has 14 heteroatoms. The number of carbonyl (C=O) groups is 1. The van der Waals surface area contributed by atoms with Crippen molar-refractivity contribution in [1.82, 2.24) is 9.97 Å². The van der Waals surface area contributed by atoms with E-state index in [0.717, 1.165) is 12.1 Å². The highest BCUT2D eigenvalue weighted by atomic mass is 32.2. The Kier molecular flexibility index (Phi) is 7.45. The number of alkyl halides is 3. The number of hydrogen-bond acceptors (Lipinski definition) is 7. The van der Waals surface area contributed by atoms with Gasteiger partial charge in [0.25, 0.3) is 0 Å². The number of rotatable bonds is 7. The van der Waals surface area contributed by atoms with Crippen molar-refractivity contribution in [2.45, 2.75) is 11.1 Å². The fourth-order valence-corrected chi connectivity index (χ4v) is 3.65. The van der Waals surface area contributed by atoms with E-state index in [1.165, 1.54) is 60.9 Å². The summed E-state index contributed by atoms with van der Waals surface area (Å²) in [5.41, 5.74) is 0.0429. The summed E-state index contributed by atoms with van der Waals surface area (Å²) in [6.07, 6.45) is -3.25. The number of amides is 2. The summed E-state index contributed by atoms with van der Waals surface area (Å²) in [5, 5.41) is 13.0. The van der Waals surface area contributed by atoms with Crippen molar-refractivity contribution in [1.29, 1.82) is 0 Å². The maximum absolute atomic E-state index is 12.8. The largest absolute Gasteiger partial charge is 0.439 e. The summed E-state index contributed by atoms with van der Waals surface area (Å²) >= 11 is 0. The zero-order chi connectivity index (χ0) is 27.3. The second kappa shape index (κ2) is 10.7. The van der Waals surface area contributed by atoms with Crippen LogP contribution in [0.5, 0.6) is 11.6 Å². The van der Waals surface area contributed by atoms with E-state index in [9.17, 15) is 26.4 Å². The van der Waals surface area contributed by atoms with Crippen LogP contribution in [0.15, 0.2) is 90.1 Å². The summed E-state index contributed by atoms with van der Waals surface area (Å²) in [6.45, 7) is 0. The molecule has 0 radical (unpaired) electrons. The van der Waals surface area contributed by atoms with E-state index in [1.54, 1.807) is 12.1 Å². The quantitative estimate of drug-likeness (QED) is 0.246. The minimum Gasteiger partial charge on any atom is -0.439 e. The standard InChI is InChI=1S/C24H19F3N6O4S/c25-24(26,27)15-2-1-3-18(12-15)33-23(34)32-17-4-8-19(9-5-17)37-22-13-21(29-14-30-22)31-16-6-10-20(11-7-16)38(28,35)36/h1-14H,(H2,28,35,36)(H,29,30,31)(H2,32,33,34). The van der Waals surface area contributed by atoms with Crippen LogP contribution < -0.4 is 25.8 Å². The van der Waals surface area contributed by atoms with Crippen LogP contribution >= 0.6 is 0 Å². The summed E-state index contributed by atoms with van der Waals surface area (Å²) < 4.78 is 67.0. The molecule has 3 aromatic carbocycles. The maximum Gasteiger partial charge on any atom is 0.416 e. The molecule has 0 spiro atoms. The van der Waals surface area contributed by atoms with Gasteiger partial charge in [-0.25, -0.2) is 28.3 Å². The van der Waals surface area contributed by atoms with Gasteiger partial charge in [-0.15, -0.1) is 0 Å². The van der Waals surface area contributed by atoms with Gasteiger partial charge in [0, 0.05) is 23.1 Å². The Balaban J connectivity index is 1.35. The molecule has 0 bridgehead atoms. The smallest absolute Gasteiger partial charge is 0.416 e. The normalized spacial score (nSPS) is 11.5. The lowest BCUT2D eigenvalue weighted by molar-refractivity contribution is -0.137. The number of hydrogen-bond donors (Lipinski definition) is 4. The first-order valence-electron chi connectivity index (χ1n) is 10.7. The Morgan fingerprint density at radius 2 is 1.50 bits per heavy atom. The molecule has 0 aliphatic rings. The lowest BCUT2D eigenvalue weighted by Gasteiger charge is -2.11. The lowest BCUT2D eigenvalue weighted by Crippen LogP contribution is -2.19. The molecular formula is C24H19F3N6O4S. The molecule has 0 fully saturated rings. The molecule has 0 atom stereocenters. The molecule has 10 nitrogen and oxygen atoms in total. The molecule has 2 amide bonds. The van der Waals surface area contributed by atoms with E-state index in [-0.39, 0.29) is 16.5 Å². The molecule has 0 saturated heterocycles. The number of ether oxygens (including phenoxy) is 1. The van der Waals surface area contributed by atoms with Gasteiger partial charge in [-0.05, 0) is 66.7 Å². The number of nitrogens with two attached hydrogens (primary N) is 1. The van der Waals surface area contributed by atoms with Crippen LogP contribution in [0.2, 0.25) is 0 Å². The van der Waals surface area contributed by atoms with E-state index in [0.29, 0.717) is 22.9 Å². The highest BCUT2D eigenvalue weighted by molar-refractivity contribution is 7.89. The first-order chi connectivity index (χ1) is 18.0. The number of sulfonamides is 1. The molecule has 5 N–H and O–H groups in total. The van der Waals surface area contributed by atoms with Gasteiger partial charge in [-0.3, -0.25) is 0 Å². The average Bonchev–Trinajstić information content (AvgIpc) is 2.85. The Hall–Kier alpha value is -4.69. The van der Waals surface area contributed by atoms with Crippen molar-refractivity contribution >= 4 is 38.9 Å². The molecule has 4 rings (SSSR count). The van der Waals surface area contributed by atoms with E-state index in [4.69, 9.17) is 9.88 Å². The molecule has 0 aliphatic carbocycles. The molecule has 196 valence electrons. The summed E-state index contributed by atoms with van der Waals surface area (Å²) in [6, 6.07) is 17.0. The van der Waals surface area contributed by atoms with Gasteiger partial charge in [-0.2, -0.15) is 13.2 Å². The van der Waals surface area contributed by atoms with Crippen LogP contribution in [-0.2, 0) is 16.2 Å². The van der Waals surface area contributed by atoms with Crippen molar-refractivity contribution < 1.29 is 31.1 Å². The highest BCUT2D eigenvalue weighted by Crippen LogP contribution is 2.31. The van der Waals surface area contributed by atoms with Crippen molar-refractivity contribution in [2.24, 2.45) is 5.14 Å².